The van der Waals surface area contributed by atoms with Gasteiger partial charge in [0.05, 0.1) is 11.4 Å². The van der Waals surface area contributed by atoms with Crippen LogP contribution in [0.15, 0.2) is 0 Å². The van der Waals surface area contributed by atoms with Gasteiger partial charge >= 0.3 is 0 Å². The van der Waals surface area contributed by atoms with Gasteiger partial charge in [-0.15, -0.1) is 0 Å². The Morgan fingerprint density at radius 1 is 1.53 bits per heavy atom. The molecule has 0 bridgehead atoms. The van der Waals surface area contributed by atoms with Crippen LogP contribution < -0.4 is 5.32 Å². The molecule has 5 heteroatoms. The van der Waals surface area contributed by atoms with Gasteiger partial charge < -0.3 is 10.1 Å². The van der Waals surface area contributed by atoms with Crippen LogP contribution in [0.5, 0.6) is 0 Å². The minimum atomic E-state index is -2.97. The first kappa shape index (κ1) is 12.9. The number of methoxy groups -OCH3 is 1. The molecule has 2 atom stereocenters. The second-order valence-corrected chi connectivity index (χ2v) is 6.80. The molecule has 1 saturated carbocycles. The number of ether oxygens (including phenoxy) is 1. The normalized spacial score (nSPS) is 31.3. The van der Waals surface area contributed by atoms with Crippen LogP contribution >= 0.6 is 0 Å². The van der Waals surface area contributed by atoms with Crippen LogP contribution in [-0.2, 0) is 14.6 Å². The monoisotopic (exact) mass is 235 g/mol. The summed E-state index contributed by atoms with van der Waals surface area (Å²) in [5.74, 6) is 0.266. The molecule has 0 aromatic carbocycles. The first-order chi connectivity index (χ1) is 6.94. The van der Waals surface area contributed by atoms with E-state index in [-0.39, 0.29) is 5.92 Å². The maximum Gasteiger partial charge on any atom is 0.154 e. The van der Waals surface area contributed by atoms with Crippen LogP contribution in [0.4, 0.5) is 0 Å². The second-order valence-electron chi connectivity index (χ2n) is 4.45. The van der Waals surface area contributed by atoms with E-state index in [0.29, 0.717) is 19.7 Å². The standard InChI is InChI=1S/C10H21NO3S/c1-9-4-5-10(9,15(3,12)13)8-11-6-7-14-2/h9,11H,4-8H2,1-3H3. The molecule has 0 aromatic heterocycles. The van der Waals surface area contributed by atoms with Crippen molar-refractivity contribution < 1.29 is 13.2 Å². The van der Waals surface area contributed by atoms with Gasteiger partial charge in [-0.25, -0.2) is 8.42 Å². The lowest BCUT2D eigenvalue weighted by molar-refractivity contribution is 0.183. The fourth-order valence-electron chi connectivity index (χ4n) is 2.17. The molecule has 1 rings (SSSR count). The van der Waals surface area contributed by atoms with Crippen molar-refractivity contribution >= 4 is 9.84 Å². The van der Waals surface area contributed by atoms with Gasteiger partial charge in [0.2, 0.25) is 0 Å². The SMILES string of the molecule is COCCNCC1(S(C)(=O)=O)CCC1C. The molecule has 2 unspecified atom stereocenters. The zero-order valence-corrected chi connectivity index (χ0v) is 10.6. The van der Waals surface area contributed by atoms with Gasteiger partial charge in [-0.3, -0.25) is 0 Å². The van der Waals surface area contributed by atoms with E-state index >= 15 is 0 Å². The number of sulfone groups is 1. The molecule has 0 saturated heterocycles. The second kappa shape index (κ2) is 4.80. The first-order valence-corrected chi connectivity index (χ1v) is 7.22. The van der Waals surface area contributed by atoms with E-state index in [9.17, 15) is 8.42 Å². The van der Waals surface area contributed by atoms with Gasteiger partial charge in [-0.2, -0.15) is 0 Å². The van der Waals surface area contributed by atoms with Gasteiger partial charge in [0.15, 0.2) is 9.84 Å². The van der Waals surface area contributed by atoms with E-state index in [1.807, 2.05) is 6.92 Å². The Morgan fingerprint density at radius 3 is 2.53 bits per heavy atom. The van der Waals surface area contributed by atoms with Crippen molar-refractivity contribution in [1.29, 1.82) is 0 Å². The van der Waals surface area contributed by atoms with Crippen molar-refractivity contribution in [3.8, 4) is 0 Å². The average Bonchev–Trinajstić information content (AvgIpc) is 2.13. The Balaban J connectivity index is 2.53. The third-order valence-electron chi connectivity index (χ3n) is 3.54. The topological polar surface area (TPSA) is 55.4 Å². The smallest absolute Gasteiger partial charge is 0.154 e. The van der Waals surface area contributed by atoms with Crippen molar-refractivity contribution in [2.24, 2.45) is 5.92 Å². The van der Waals surface area contributed by atoms with Crippen molar-refractivity contribution in [2.45, 2.75) is 24.5 Å². The maximum absolute atomic E-state index is 11.7. The molecule has 0 aliphatic heterocycles. The Labute approximate surface area is 92.3 Å². The number of rotatable bonds is 6. The number of hydrogen-bond donors (Lipinski definition) is 1. The predicted octanol–water partition coefficient (Wildman–Crippen LogP) is 0.436. The van der Waals surface area contributed by atoms with Gasteiger partial charge in [0.25, 0.3) is 0 Å². The molecule has 1 fully saturated rings. The van der Waals surface area contributed by atoms with Crippen LogP contribution in [-0.4, -0.2) is 46.2 Å². The Kier molecular flexibility index (Phi) is 4.14. The molecule has 1 aliphatic carbocycles. The quantitative estimate of drug-likeness (QED) is 0.679. The third-order valence-corrected chi connectivity index (χ3v) is 5.77. The van der Waals surface area contributed by atoms with Crippen molar-refractivity contribution in [3.05, 3.63) is 0 Å². The molecule has 1 aliphatic rings. The summed E-state index contributed by atoms with van der Waals surface area (Å²) in [6.45, 7) is 3.90. The van der Waals surface area contributed by atoms with E-state index in [1.54, 1.807) is 7.11 Å². The third kappa shape index (κ3) is 2.52. The van der Waals surface area contributed by atoms with Gasteiger partial charge in [-0.1, -0.05) is 6.92 Å². The molecular formula is C10H21NO3S. The minimum Gasteiger partial charge on any atom is -0.383 e. The predicted molar refractivity (Wildman–Crippen MR) is 60.7 cm³/mol. The van der Waals surface area contributed by atoms with Crippen LogP contribution in [0.3, 0.4) is 0 Å². The summed E-state index contributed by atoms with van der Waals surface area (Å²) >= 11 is 0. The highest BCUT2D eigenvalue weighted by atomic mass is 32.2. The van der Waals surface area contributed by atoms with Gasteiger partial charge in [0, 0.05) is 26.5 Å². The summed E-state index contributed by atoms with van der Waals surface area (Å²) in [6.07, 6.45) is 3.15. The van der Waals surface area contributed by atoms with Gasteiger partial charge in [0.1, 0.15) is 0 Å². The fraction of sp³-hybridized carbons (Fsp3) is 1.00. The van der Waals surface area contributed by atoms with Crippen LogP contribution in [0, 0.1) is 5.92 Å². The lowest BCUT2D eigenvalue weighted by atomic mass is 9.74. The summed E-state index contributed by atoms with van der Waals surface area (Å²) in [6, 6.07) is 0. The molecule has 4 nitrogen and oxygen atoms in total. The van der Waals surface area contributed by atoms with Crippen molar-refractivity contribution in [2.75, 3.05) is 33.1 Å². The highest BCUT2D eigenvalue weighted by Gasteiger charge is 2.51. The highest BCUT2D eigenvalue weighted by molar-refractivity contribution is 7.92. The molecule has 0 spiro atoms. The summed E-state index contributed by atoms with van der Waals surface area (Å²) in [4.78, 5) is 0. The molecule has 1 N–H and O–H groups in total. The average molecular weight is 235 g/mol. The summed E-state index contributed by atoms with van der Waals surface area (Å²) in [5, 5.41) is 3.16. The van der Waals surface area contributed by atoms with Crippen LogP contribution in [0.25, 0.3) is 0 Å². The van der Waals surface area contributed by atoms with E-state index in [4.69, 9.17) is 4.74 Å². The largest absolute Gasteiger partial charge is 0.383 e. The number of nitrogens with one attached hydrogen (secondary N) is 1. The molecule has 15 heavy (non-hydrogen) atoms. The molecule has 0 aromatic rings. The zero-order valence-electron chi connectivity index (χ0n) is 9.75. The summed E-state index contributed by atoms with van der Waals surface area (Å²) in [5.41, 5.74) is 0. The van der Waals surface area contributed by atoms with E-state index in [2.05, 4.69) is 5.32 Å². The van der Waals surface area contributed by atoms with E-state index in [1.165, 1.54) is 6.26 Å². The fourth-order valence-corrected chi connectivity index (χ4v) is 3.88. The molecule has 0 radical (unpaired) electrons. The van der Waals surface area contributed by atoms with Crippen LogP contribution in [0.1, 0.15) is 19.8 Å². The summed E-state index contributed by atoms with van der Waals surface area (Å²) < 4.78 is 27.9. The van der Waals surface area contributed by atoms with E-state index in [0.717, 1.165) is 12.8 Å². The minimum absolute atomic E-state index is 0.266. The highest BCUT2D eigenvalue weighted by Crippen LogP contribution is 2.43. The first-order valence-electron chi connectivity index (χ1n) is 5.33. The van der Waals surface area contributed by atoms with Crippen molar-refractivity contribution in [1.82, 2.24) is 5.32 Å². The maximum atomic E-state index is 11.7. The lowest BCUT2D eigenvalue weighted by Crippen LogP contribution is -2.58. The Hall–Kier alpha value is -0.130. The molecule has 0 heterocycles. The summed E-state index contributed by atoms with van der Waals surface area (Å²) in [7, 11) is -1.33. The molecular weight excluding hydrogens is 214 g/mol. The Bertz CT molecular complexity index is 302. The molecule has 90 valence electrons. The zero-order chi connectivity index (χ0) is 11.5. The van der Waals surface area contributed by atoms with Crippen LogP contribution in [0.2, 0.25) is 0 Å². The molecule has 0 amide bonds. The van der Waals surface area contributed by atoms with Gasteiger partial charge in [-0.05, 0) is 18.8 Å². The van der Waals surface area contributed by atoms with Crippen molar-refractivity contribution in [3.63, 3.8) is 0 Å². The lowest BCUT2D eigenvalue weighted by Gasteiger charge is -2.46. The Morgan fingerprint density at radius 2 is 2.20 bits per heavy atom. The van der Waals surface area contributed by atoms with E-state index < -0.39 is 14.6 Å². The number of hydrogen-bond acceptors (Lipinski definition) is 4.